The predicted octanol–water partition coefficient (Wildman–Crippen LogP) is 0.532. The smallest absolute Gasteiger partial charge is 0.223 e. The fraction of sp³-hybridized carbons (Fsp3) is 0.688. The van der Waals surface area contributed by atoms with E-state index in [4.69, 9.17) is 4.52 Å². The lowest BCUT2D eigenvalue weighted by atomic mass is 10.0. The lowest BCUT2D eigenvalue weighted by molar-refractivity contribution is 0.0556. The minimum atomic E-state index is -0.426. The number of hydrogen-bond acceptors (Lipinski definition) is 7. The van der Waals surface area contributed by atoms with Gasteiger partial charge in [0.1, 0.15) is 0 Å². The van der Waals surface area contributed by atoms with E-state index in [0.29, 0.717) is 25.0 Å². The highest BCUT2D eigenvalue weighted by Crippen LogP contribution is 2.17. The van der Waals surface area contributed by atoms with Crippen LogP contribution in [-0.4, -0.2) is 73.7 Å². The molecule has 3 heterocycles. The molecule has 0 bridgehead atoms. The Hall–Kier alpha value is -1.77. The lowest BCUT2D eigenvalue weighted by Crippen LogP contribution is -2.48. The van der Waals surface area contributed by atoms with Crippen molar-refractivity contribution in [2.24, 2.45) is 0 Å². The van der Waals surface area contributed by atoms with Crippen LogP contribution >= 0.6 is 0 Å². The van der Waals surface area contributed by atoms with Gasteiger partial charge in [-0.05, 0) is 32.5 Å². The van der Waals surface area contributed by atoms with Crippen LogP contribution < -0.4 is 0 Å². The third kappa shape index (κ3) is 4.62. The van der Waals surface area contributed by atoms with Crippen molar-refractivity contribution in [3.63, 3.8) is 0 Å². The van der Waals surface area contributed by atoms with E-state index < -0.39 is 6.10 Å². The number of likely N-dealkylation sites (tertiary alicyclic amines) is 1. The number of hydrogen-bond donors (Lipinski definition) is 1. The molecule has 132 valence electrons. The number of rotatable bonds is 7. The quantitative estimate of drug-likeness (QED) is 0.791. The van der Waals surface area contributed by atoms with E-state index in [1.54, 1.807) is 10.9 Å². The van der Waals surface area contributed by atoms with Gasteiger partial charge < -0.3 is 9.63 Å². The molecular formula is C16H26N6O2. The molecule has 1 saturated heterocycles. The van der Waals surface area contributed by atoms with Crippen molar-refractivity contribution in [2.75, 3.05) is 26.7 Å². The normalized spacial score (nSPS) is 20.6. The molecule has 3 rings (SSSR count). The monoisotopic (exact) mass is 334 g/mol. The zero-order chi connectivity index (χ0) is 16.9. The predicted molar refractivity (Wildman–Crippen MR) is 88.2 cm³/mol. The molecule has 0 radical (unpaired) electrons. The second-order valence-corrected chi connectivity index (χ2v) is 6.58. The summed E-state index contributed by atoms with van der Waals surface area (Å²) in [6, 6.07) is 2.30. The van der Waals surface area contributed by atoms with Crippen LogP contribution in [0.2, 0.25) is 0 Å². The van der Waals surface area contributed by atoms with Crippen LogP contribution in [0.5, 0.6) is 0 Å². The molecule has 1 fully saturated rings. The summed E-state index contributed by atoms with van der Waals surface area (Å²) in [5.41, 5.74) is 0. The first-order valence-corrected chi connectivity index (χ1v) is 8.47. The van der Waals surface area contributed by atoms with Crippen molar-refractivity contribution in [2.45, 2.75) is 45.0 Å². The van der Waals surface area contributed by atoms with Crippen molar-refractivity contribution < 1.29 is 9.63 Å². The summed E-state index contributed by atoms with van der Waals surface area (Å²) in [6.07, 6.45) is 5.46. The molecule has 1 aliphatic heterocycles. The van der Waals surface area contributed by atoms with Crippen LogP contribution in [0.1, 0.15) is 24.6 Å². The Kier molecular flexibility index (Phi) is 5.60. The average Bonchev–Trinajstić information content (AvgIpc) is 3.19. The van der Waals surface area contributed by atoms with Crippen molar-refractivity contribution in [3.8, 4) is 0 Å². The summed E-state index contributed by atoms with van der Waals surface area (Å²) >= 11 is 0. The van der Waals surface area contributed by atoms with Crippen molar-refractivity contribution in [1.82, 2.24) is 29.7 Å². The molecule has 0 saturated carbocycles. The molecule has 0 aliphatic carbocycles. The molecule has 0 amide bonds. The molecule has 1 N–H and O–H groups in total. The average molecular weight is 334 g/mol. The van der Waals surface area contributed by atoms with Crippen LogP contribution in [0.25, 0.3) is 0 Å². The first kappa shape index (κ1) is 17.1. The number of nitrogens with zero attached hydrogens (tertiary/aromatic N) is 6. The number of aliphatic hydroxyl groups excluding tert-OH is 1. The second kappa shape index (κ2) is 7.87. The Bertz CT molecular complexity index is 614. The van der Waals surface area contributed by atoms with Crippen LogP contribution in [0.3, 0.4) is 0 Å². The second-order valence-electron chi connectivity index (χ2n) is 6.58. The lowest BCUT2D eigenvalue weighted by Gasteiger charge is -2.37. The van der Waals surface area contributed by atoms with Crippen LogP contribution in [0.15, 0.2) is 23.0 Å². The van der Waals surface area contributed by atoms with E-state index in [1.807, 2.05) is 19.2 Å². The number of likely N-dealkylation sites (N-methyl/N-ethyl adjacent to an activating group) is 1. The van der Waals surface area contributed by atoms with Crippen LogP contribution in [0, 0.1) is 6.92 Å². The van der Waals surface area contributed by atoms with E-state index in [-0.39, 0.29) is 0 Å². The zero-order valence-corrected chi connectivity index (χ0v) is 14.4. The molecule has 24 heavy (non-hydrogen) atoms. The van der Waals surface area contributed by atoms with Gasteiger partial charge in [0.05, 0.1) is 19.2 Å². The van der Waals surface area contributed by atoms with Crippen molar-refractivity contribution in [3.05, 3.63) is 30.2 Å². The Morgan fingerprint density at radius 2 is 2.38 bits per heavy atom. The zero-order valence-electron chi connectivity index (χ0n) is 14.4. The molecular weight excluding hydrogens is 308 g/mol. The molecule has 0 unspecified atom stereocenters. The Morgan fingerprint density at radius 1 is 1.50 bits per heavy atom. The molecule has 2 aromatic heterocycles. The highest BCUT2D eigenvalue weighted by atomic mass is 16.5. The first-order chi connectivity index (χ1) is 11.6. The van der Waals surface area contributed by atoms with Gasteiger partial charge in [-0.1, -0.05) is 5.16 Å². The van der Waals surface area contributed by atoms with Gasteiger partial charge in [-0.3, -0.25) is 14.5 Å². The molecule has 0 aromatic carbocycles. The highest BCUT2D eigenvalue weighted by molar-refractivity contribution is 4.87. The SMILES string of the molecule is Cc1nc(CN2CCC[C@H](N(C)C[C@H](O)Cn3cccn3)C2)no1. The fourth-order valence-electron chi connectivity index (χ4n) is 3.30. The van der Waals surface area contributed by atoms with Gasteiger partial charge in [0, 0.05) is 38.4 Å². The summed E-state index contributed by atoms with van der Waals surface area (Å²) < 4.78 is 6.81. The minimum Gasteiger partial charge on any atom is -0.390 e. The molecule has 8 nitrogen and oxygen atoms in total. The van der Waals surface area contributed by atoms with Crippen molar-refractivity contribution in [1.29, 1.82) is 0 Å². The Labute approximate surface area is 142 Å². The number of aliphatic hydroxyl groups is 1. The van der Waals surface area contributed by atoms with Gasteiger partial charge >= 0.3 is 0 Å². The molecule has 2 aromatic rings. The van der Waals surface area contributed by atoms with Gasteiger partial charge in [0.2, 0.25) is 5.89 Å². The number of aromatic nitrogens is 4. The fourth-order valence-corrected chi connectivity index (χ4v) is 3.30. The van der Waals surface area contributed by atoms with Gasteiger partial charge in [-0.2, -0.15) is 10.1 Å². The largest absolute Gasteiger partial charge is 0.390 e. The summed E-state index contributed by atoms with van der Waals surface area (Å²) in [6.45, 7) is 5.70. The summed E-state index contributed by atoms with van der Waals surface area (Å²) in [7, 11) is 2.08. The molecule has 1 aliphatic rings. The standard InChI is InChI=1S/C16H26N6O2/c1-13-18-16(19-24-13)12-21-7-3-5-14(9-21)20(2)10-15(23)11-22-8-4-6-17-22/h4,6,8,14-15,23H,3,5,7,9-12H2,1-2H3/t14-,15-/m0/s1. The van der Waals surface area contributed by atoms with E-state index >= 15 is 0 Å². The van der Waals surface area contributed by atoms with E-state index in [1.165, 1.54) is 0 Å². The van der Waals surface area contributed by atoms with Gasteiger partial charge in [-0.25, -0.2) is 0 Å². The van der Waals surface area contributed by atoms with E-state index in [0.717, 1.165) is 38.3 Å². The third-order valence-electron chi connectivity index (χ3n) is 4.49. The highest BCUT2D eigenvalue weighted by Gasteiger charge is 2.25. The summed E-state index contributed by atoms with van der Waals surface area (Å²) in [5, 5.41) is 18.4. The van der Waals surface area contributed by atoms with Crippen molar-refractivity contribution >= 4 is 0 Å². The van der Waals surface area contributed by atoms with Crippen LogP contribution in [0.4, 0.5) is 0 Å². The minimum absolute atomic E-state index is 0.426. The first-order valence-electron chi connectivity index (χ1n) is 8.47. The maximum Gasteiger partial charge on any atom is 0.223 e. The topological polar surface area (TPSA) is 83.5 Å². The van der Waals surface area contributed by atoms with E-state index in [2.05, 4.69) is 32.1 Å². The summed E-state index contributed by atoms with van der Waals surface area (Å²) in [5.74, 6) is 1.35. The van der Waals surface area contributed by atoms with Gasteiger partial charge in [0.25, 0.3) is 0 Å². The third-order valence-corrected chi connectivity index (χ3v) is 4.49. The van der Waals surface area contributed by atoms with Crippen LogP contribution in [-0.2, 0) is 13.1 Å². The van der Waals surface area contributed by atoms with Gasteiger partial charge in [-0.15, -0.1) is 0 Å². The maximum absolute atomic E-state index is 10.3. The number of aryl methyl sites for hydroxylation is 1. The molecule has 0 spiro atoms. The Morgan fingerprint density at radius 3 is 3.08 bits per heavy atom. The Balaban J connectivity index is 1.48. The molecule has 8 heteroatoms. The number of piperidine rings is 1. The summed E-state index contributed by atoms with van der Waals surface area (Å²) in [4.78, 5) is 8.89. The van der Waals surface area contributed by atoms with E-state index in [9.17, 15) is 5.11 Å². The molecule has 2 atom stereocenters. The van der Waals surface area contributed by atoms with Gasteiger partial charge in [0.15, 0.2) is 5.82 Å². The maximum atomic E-state index is 10.3.